The molecule has 0 radical (unpaired) electrons. The molecular weight excluding hydrogens is 448 g/mol. The molecule has 2 aliphatic heterocycles. The Balaban J connectivity index is 1.50. The molecule has 2 aromatic carbocycles. The molecule has 0 unspecified atom stereocenters. The molecule has 2 N–H and O–H groups in total. The number of ether oxygens (including phenoxy) is 1. The fourth-order valence-electron chi connectivity index (χ4n) is 4.16. The number of amides is 1. The molecule has 0 atom stereocenters. The summed E-state index contributed by atoms with van der Waals surface area (Å²) in [6.07, 6.45) is 0.734. The van der Waals surface area contributed by atoms with Crippen molar-refractivity contribution in [2.45, 2.75) is 6.54 Å². The number of methoxy groups -OCH3 is 1. The number of carboxylic acid groups (broad SMARTS) is 1. The number of hydrogen-bond donors (Lipinski definition) is 2. The summed E-state index contributed by atoms with van der Waals surface area (Å²) in [6, 6.07) is 8.85. The summed E-state index contributed by atoms with van der Waals surface area (Å²) in [5.41, 5.74) is 3.30. The van der Waals surface area contributed by atoms with Crippen LogP contribution in [-0.4, -0.2) is 59.4 Å². The highest BCUT2D eigenvalue weighted by atomic mass is 35.5. The van der Waals surface area contributed by atoms with Crippen molar-refractivity contribution in [2.75, 3.05) is 33.3 Å². The molecule has 33 heavy (non-hydrogen) atoms. The van der Waals surface area contributed by atoms with E-state index in [1.54, 1.807) is 43.5 Å². The van der Waals surface area contributed by atoms with Crippen molar-refractivity contribution in [3.05, 3.63) is 52.2 Å². The summed E-state index contributed by atoms with van der Waals surface area (Å²) >= 11 is 6.12. The molecule has 10 heteroatoms. The average molecular weight is 469 g/mol. The first-order chi connectivity index (χ1) is 15.9. The topological polar surface area (TPSA) is 111 Å². The molecule has 3 aromatic rings. The number of halogens is 1. The quantitative estimate of drug-likeness (QED) is 0.545. The zero-order valence-electron chi connectivity index (χ0n) is 17.8. The van der Waals surface area contributed by atoms with Crippen molar-refractivity contribution in [1.29, 1.82) is 0 Å². The smallest absolute Gasteiger partial charge is 0.407 e. The van der Waals surface area contributed by atoms with Gasteiger partial charge in [0.1, 0.15) is 11.3 Å². The van der Waals surface area contributed by atoms with Crippen LogP contribution in [-0.2, 0) is 6.54 Å². The number of furan rings is 1. The molecule has 1 fully saturated rings. The van der Waals surface area contributed by atoms with E-state index in [0.29, 0.717) is 65.8 Å². The minimum absolute atomic E-state index is 0.00257. The van der Waals surface area contributed by atoms with Gasteiger partial charge >= 0.3 is 6.09 Å². The summed E-state index contributed by atoms with van der Waals surface area (Å²) in [7, 11) is 1.58. The number of rotatable bonds is 4. The number of carbonyl (C=O) groups is 1. The van der Waals surface area contributed by atoms with E-state index in [9.17, 15) is 15.0 Å². The van der Waals surface area contributed by atoms with Gasteiger partial charge in [-0.05, 0) is 30.3 Å². The molecule has 170 valence electrons. The largest absolute Gasteiger partial charge is 0.504 e. The van der Waals surface area contributed by atoms with Gasteiger partial charge in [-0.1, -0.05) is 11.6 Å². The fourth-order valence-corrected chi connectivity index (χ4v) is 4.33. The number of fused-ring (bicyclic) bond motifs is 2. The van der Waals surface area contributed by atoms with Crippen LogP contribution in [0.4, 0.5) is 10.5 Å². The van der Waals surface area contributed by atoms with E-state index in [1.165, 1.54) is 4.90 Å². The van der Waals surface area contributed by atoms with E-state index in [-0.39, 0.29) is 11.5 Å². The van der Waals surface area contributed by atoms with Gasteiger partial charge in [0.25, 0.3) is 0 Å². The molecule has 1 aromatic heterocycles. The maximum Gasteiger partial charge on any atom is 0.407 e. The maximum atomic E-state index is 11.2. The third-order valence-electron chi connectivity index (χ3n) is 5.93. The second-order valence-electron chi connectivity index (χ2n) is 7.87. The second kappa shape index (κ2) is 8.42. The fraction of sp³-hybridized carbons (Fsp3) is 0.261. The lowest BCUT2D eigenvalue weighted by atomic mass is 10.1. The van der Waals surface area contributed by atoms with Crippen LogP contribution in [0.1, 0.15) is 16.9 Å². The minimum atomic E-state index is -0.908. The Hall–Kier alpha value is -3.56. The highest BCUT2D eigenvalue weighted by Gasteiger charge is 2.25. The summed E-state index contributed by atoms with van der Waals surface area (Å²) in [4.78, 5) is 14.7. The van der Waals surface area contributed by atoms with E-state index in [1.807, 2.05) is 0 Å². The molecule has 0 saturated carbocycles. The zero-order chi connectivity index (χ0) is 23.1. The molecule has 2 aliphatic rings. The summed E-state index contributed by atoms with van der Waals surface area (Å²) in [5.74, 6) is 0.897. The third-order valence-corrected chi connectivity index (χ3v) is 6.17. The Bertz CT molecular complexity index is 1310. The minimum Gasteiger partial charge on any atom is -0.504 e. The summed E-state index contributed by atoms with van der Waals surface area (Å²) in [6.45, 7) is 2.54. The predicted molar refractivity (Wildman–Crippen MR) is 123 cm³/mol. The number of piperazine rings is 1. The van der Waals surface area contributed by atoms with Gasteiger partial charge in [-0.25, -0.2) is 4.79 Å². The average Bonchev–Trinajstić information content (AvgIpc) is 3.35. The van der Waals surface area contributed by atoms with Gasteiger partial charge < -0.3 is 24.3 Å². The SMILES string of the molecule is COc1ccc2c(O)c(C=C3N=Nc4ccc(Cl)cc43)oc2c1CN1CCN(C(=O)O)CC1. The molecule has 1 amide bonds. The van der Waals surface area contributed by atoms with E-state index < -0.39 is 6.09 Å². The van der Waals surface area contributed by atoms with Crippen LogP contribution in [0.5, 0.6) is 11.5 Å². The Morgan fingerprint density at radius 3 is 2.73 bits per heavy atom. The van der Waals surface area contributed by atoms with E-state index in [0.717, 1.165) is 11.1 Å². The molecular formula is C23H21ClN4O5. The number of azo groups is 1. The summed E-state index contributed by atoms with van der Waals surface area (Å²) < 4.78 is 11.7. The van der Waals surface area contributed by atoms with Gasteiger partial charge in [0.05, 0.1) is 29.4 Å². The summed E-state index contributed by atoms with van der Waals surface area (Å²) in [5, 5.41) is 29.5. The number of aromatic hydroxyl groups is 1. The number of benzene rings is 2. The standard InChI is InChI=1S/C23H21ClN4O5/c1-32-19-5-3-14-21(29)20(11-18-15-10-13(24)2-4-17(15)25-26-18)33-22(14)16(19)12-27-6-8-28(9-7-27)23(30)31/h2-5,10-11,29H,6-9,12H2,1H3,(H,30,31). The van der Waals surface area contributed by atoms with Crippen LogP contribution in [0.3, 0.4) is 0 Å². The van der Waals surface area contributed by atoms with E-state index in [4.69, 9.17) is 20.8 Å². The van der Waals surface area contributed by atoms with Crippen molar-refractivity contribution in [2.24, 2.45) is 10.2 Å². The van der Waals surface area contributed by atoms with Crippen LogP contribution < -0.4 is 4.74 Å². The van der Waals surface area contributed by atoms with Crippen LogP contribution in [0.25, 0.3) is 22.7 Å². The molecule has 0 spiro atoms. The Kier molecular flexibility index (Phi) is 5.43. The normalized spacial score (nSPS) is 17.2. The van der Waals surface area contributed by atoms with Gasteiger partial charge in [-0.2, -0.15) is 0 Å². The van der Waals surface area contributed by atoms with Gasteiger partial charge in [-0.15, -0.1) is 10.2 Å². The van der Waals surface area contributed by atoms with Crippen LogP contribution in [0.15, 0.2) is 45.0 Å². The monoisotopic (exact) mass is 468 g/mol. The molecule has 0 bridgehead atoms. The predicted octanol–water partition coefficient (Wildman–Crippen LogP) is 5.19. The lowest BCUT2D eigenvalue weighted by Crippen LogP contribution is -2.47. The lowest BCUT2D eigenvalue weighted by molar-refractivity contribution is 0.102. The van der Waals surface area contributed by atoms with Crippen LogP contribution >= 0.6 is 11.6 Å². The molecule has 3 heterocycles. The van der Waals surface area contributed by atoms with Gasteiger partial charge in [0.2, 0.25) is 0 Å². The van der Waals surface area contributed by atoms with Crippen LogP contribution in [0, 0.1) is 0 Å². The first-order valence-electron chi connectivity index (χ1n) is 10.4. The van der Waals surface area contributed by atoms with Gasteiger partial charge in [0, 0.05) is 49.4 Å². The molecule has 0 aliphatic carbocycles. The van der Waals surface area contributed by atoms with Crippen molar-refractivity contribution in [3.8, 4) is 11.5 Å². The Labute approximate surface area is 194 Å². The maximum absolute atomic E-state index is 11.2. The molecule has 9 nitrogen and oxygen atoms in total. The van der Waals surface area contributed by atoms with Gasteiger partial charge in [0.15, 0.2) is 11.5 Å². The Morgan fingerprint density at radius 2 is 2.00 bits per heavy atom. The highest BCUT2D eigenvalue weighted by Crippen LogP contribution is 2.42. The first-order valence-corrected chi connectivity index (χ1v) is 10.8. The molecule has 1 saturated heterocycles. The number of hydrogen-bond acceptors (Lipinski definition) is 7. The number of nitrogens with zero attached hydrogens (tertiary/aromatic N) is 4. The van der Waals surface area contributed by atoms with E-state index in [2.05, 4.69) is 15.1 Å². The van der Waals surface area contributed by atoms with Crippen LogP contribution in [0.2, 0.25) is 5.02 Å². The third kappa shape index (κ3) is 3.90. The first kappa shape index (κ1) is 21.3. The lowest BCUT2D eigenvalue weighted by Gasteiger charge is -2.33. The van der Waals surface area contributed by atoms with E-state index >= 15 is 0 Å². The van der Waals surface area contributed by atoms with Crippen molar-refractivity contribution in [3.63, 3.8) is 0 Å². The van der Waals surface area contributed by atoms with Crippen molar-refractivity contribution < 1.29 is 24.2 Å². The van der Waals surface area contributed by atoms with Crippen molar-refractivity contribution >= 4 is 46.1 Å². The van der Waals surface area contributed by atoms with Gasteiger partial charge in [-0.3, -0.25) is 4.90 Å². The Morgan fingerprint density at radius 1 is 1.21 bits per heavy atom. The second-order valence-corrected chi connectivity index (χ2v) is 8.31. The zero-order valence-corrected chi connectivity index (χ0v) is 18.5. The molecule has 5 rings (SSSR count). The van der Waals surface area contributed by atoms with Crippen molar-refractivity contribution in [1.82, 2.24) is 9.80 Å². The highest BCUT2D eigenvalue weighted by molar-refractivity contribution is 6.31.